The average Bonchev–Trinajstić information content (AvgIpc) is 2.59. The Kier molecular flexibility index (Phi) is 5.39. The second-order valence-electron chi connectivity index (χ2n) is 4.88. The number of carbonyl (C=O) groups excluding carboxylic acids is 1. The summed E-state index contributed by atoms with van der Waals surface area (Å²) in [7, 11) is 0. The minimum absolute atomic E-state index is 0.127. The Bertz CT molecular complexity index is 842. The van der Waals surface area contributed by atoms with E-state index in [9.17, 15) is 18.0 Å². The van der Waals surface area contributed by atoms with Gasteiger partial charge in [-0.25, -0.2) is 0 Å². The summed E-state index contributed by atoms with van der Waals surface area (Å²) in [5.74, 6) is -0.260. The maximum atomic E-state index is 12.7. The Hall–Kier alpha value is -3.34. The summed E-state index contributed by atoms with van der Waals surface area (Å²) < 4.78 is 43.4. The van der Waals surface area contributed by atoms with Crippen LogP contribution < -0.4 is 10.1 Å². The summed E-state index contributed by atoms with van der Waals surface area (Å²) in [5, 5.41) is 11.7. The minimum Gasteiger partial charge on any atom is -0.487 e. The van der Waals surface area contributed by atoms with Gasteiger partial charge in [0.15, 0.2) is 0 Å². The van der Waals surface area contributed by atoms with Crippen molar-refractivity contribution in [3.63, 3.8) is 0 Å². The van der Waals surface area contributed by atoms with E-state index in [4.69, 9.17) is 10.00 Å². The summed E-state index contributed by atoms with van der Waals surface area (Å²) in [6.07, 6.45) is -1.44. The predicted octanol–water partition coefficient (Wildman–Crippen LogP) is 3.68. The van der Waals surface area contributed by atoms with Crippen LogP contribution in [0.3, 0.4) is 0 Å². The number of carbonyl (C=O) groups is 1. The minimum atomic E-state index is -4.49. The predicted molar refractivity (Wildman–Crippen MR) is 83.6 cm³/mol. The molecule has 1 aromatic heterocycles. The van der Waals surface area contributed by atoms with Gasteiger partial charge in [-0.15, -0.1) is 0 Å². The SMILES string of the molecule is C=CC(=O)Nc1ccc(OCc2cncc(C(F)(F)F)c2)c(C#N)c1. The van der Waals surface area contributed by atoms with Gasteiger partial charge in [-0.05, 0) is 30.3 Å². The molecule has 0 spiro atoms. The molecule has 0 aliphatic carbocycles. The van der Waals surface area contributed by atoms with Crippen LogP contribution >= 0.6 is 0 Å². The van der Waals surface area contributed by atoms with Gasteiger partial charge in [-0.3, -0.25) is 9.78 Å². The summed E-state index contributed by atoms with van der Waals surface area (Å²) in [5.41, 5.74) is -0.171. The molecule has 128 valence electrons. The molecule has 0 aliphatic rings. The highest BCUT2D eigenvalue weighted by Crippen LogP contribution is 2.29. The van der Waals surface area contributed by atoms with E-state index in [1.807, 2.05) is 6.07 Å². The number of nitriles is 1. The zero-order chi connectivity index (χ0) is 18.4. The number of halogens is 3. The average molecular weight is 347 g/mol. The Labute approximate surface area is 141 Å². The molecule has 0 saturated heterocycles. The number of hydrogen-bond acceptors (Lipinski definition) is 4. The second-order valence-corrected chi connectivity index (χ2v) is 4.88. The zero-order valence-corrected chi connectivity index (χ0v) is 12.8. The van der Waals surface area contributed by atoms with Crippen LogP contribution in [0.5, 0.6) is 5.75 Å². The molecule has 0 unspecified atom stereocenters. The quantitative estimate of drug-likeness (QED) is 0.838. The topological polar surface area (TPSA) is 75.0 Å². The van der Waals surface area contributed by atoms with Crippen LogP contribution in [0, 0.1) is 11.3 Å². The first kappa shape index (κ1) is 18.0. The number of alkyl halides is 3. The van der Waals surface area contributed by atoms with E-state index >= 15 is 0 Å². The molecule has 1 aromatic carbocycles. The highest BCUT2D eigenvalue weighted by atomic mass is 19.4. The molecule has 0 atom stereocenters. The number of hydrogen-bond donors (Lipinski definition) is 1. The van der Waals surface area contributed by atoms with Crippen molar-refractivity contribution in [2.45, 2.75) is 12.8 Å². The second kappa shape index (κ2) is 7.49. The third-order valence-electron chi connectivity index (χ3n) is 3.07. The van der Waals surface area contributed by atoms with Crippen LogP contribution in [0.15, 0.2) is 49.3 Å². The van der Waals surface area contributed by atoms with E-state index in [0.717, 1.165) is 18.3 Å². The first-order chi connectivity index (χ1) is 11.8. The van der Waals surface area contributed by atoms with Crippen LogP contribution in [-0.2, 0) is 17.6 Å². The lowest BCUT2D eigenvalue weighted by Crippen LogP contribution is -2.08. The molecule has 0 bridgehead atoms. The van der Waals surface area contributed by atoms with E-state index in [0.29, 0.717) is 5.69 Å². The van der Waals surface area contributed by atoms with Gasteiger partial charge in [0.1, 0.15) is 18.4 Å². The third kappa shape index (κ3) is 4.81. The van der Waals surface area contributed by atoms with Gasteiger partial charge in [0.05, 0.1) is 11.1 Å². The van der Waals surface area contributed by atoms with Crippen molar-refractivity contribution in [3.8, 4) is 11.8 Å². The Morgan fingerprint density at radius 3 is 2.76 bits per heavy atom. The maximum absolute atomic E-state index is 12.7. The highest BCUT2D eigenvalue weighted by molar-refractivity contribution is 5.99. The molecule has 1 amide bonds. The first-order valence-corrected chi connectivity index (χ1v) is 6.95. The number of pyridine rings is 1. The van der Waals surface area contributed by atoms with Crippen LogP contribution in [0.25, 0.3) is 0 Å². The zero-order valence-electron chi connectivity index (χ0n) is 12.8. The van der Waals surface area contributed by atoms with Crippen molar-refractivity contribution < 1.29 is 22.7 Å². The molecular weight excluding hydrogens is 335 g/mol. The molecule has 0 saturated carbocycles. The van der Waals surface area contributed by atoms with Crippen molar-refractivity contribution in [2.24, 2.45) is 0 Å². The van der Waals surface area contributed by atoms with Crippen molar-refractivity contribution >= 4 is 11.6 Å². The standard InChI is InChI=1S/C17H12F3N3O2/c1-2-16(24)23-14-3-4-15(12(6-14)7-21)25-10-11-5-13(9-22-8-11)17(18,19)20/h2-6,8-9H,1,10H2,(H,23,24). The van der Waals surface area contributed by atoms with E-state index < -0.39 is 17.6 Å². The van der Waals surface area contributed by atoms with Gasteiger partial charge in [-0.2, -0.15) is 18.4 Å². The summed E-state index contributed by atoms with van der Waals surface area (Å²) >= 11 is 0. The molecule has 8 heteroatoms. The summed E-state index contributed by atoms with van der Waals surface area (Å²) in [6.45, 7) is 3.13. The summed E-state index contributed by atoms with van der Waals surface area (Å²) in [6, 6.07) is 7.16. The highest BCUT2D eigenvalue weighted by Gasteiger charge is 2.31. The van der Waals surface area contributed by atoms with Gasteiger partial charge in [-0.1, -0.05) is 6.58 Å². The van der Waals surface area contributed by atoms with Gasteiger partial charge in [0.25, 0.3) is 0 Å². The largest absolute Gasteiger partial charge is 0.487 e. The normalized spacial score (nSPS) is 10.6. The van der Waals surface area contributed by atoms with Crippen molar-refractivity contribution in [1.29, 1.82) is 5.26 Å². The molecule has 5 nitrogen and oxygen atoms in total. The number of nitrogens with one attached hydrogen (secondary N) is 1. The van der Waals surface area contributed by atoms with Crippen LogP contribution in [0.2, 0.25) is 0 Å². The van der Waals surface area contributed by atoms with Crippen molar-refractivity contribution in [2.75, 3.05) is 5.32 Å². The van der Waals surface area contributed by atoms with Crippen molar-refractivity contribution in [1.82, 2.24) is 4.98 Å². The van der Waals surface area contributed by atoms with E-state index in [1.54, 1.807) is 0 Å². The molecule has 0 radical (unpaired) electrons. The number of anilines is 1. The molecule has 25 heavy (non-hydrogen) atoms. The lowest BCUT2D eigenvalue weighted by atomic mass is 10.2. The Morgan fingerprint density at radius 2 is 2.12 bits per heavy atom. The molecule has 0 aliphatic heterocycles. The molecule has 2 rings (SSSR count). The fraction of sp³-hybridized carbons (Fsp3) is 0.118. The van der Waals surface area contributed by atoms with Gasteiger partial charge in [0, 0.05) is 23.6 Å². The molecule has 0 fully saturated rings. The Morgan fingerprint density at radius 1 is 1.36 bits per heavy atom. The van der Waals surface area contributed by atoms with E-state index in [2.05, 4.69) is 16.9 Å². The van der Waals surface area contributed by atoms with Crippen LogP contribution in [-0.4, -0.2) is 10.9 Å². The van der Waals surface area contributed by atoms with E-state index in [1.165, 1.54) is 24.4 Å². The monoisotopic (exact) mass is 347 g/mol. The fourth-order valence-electron chi connectivity index (χ4n) is 1.90. The van der Waals surface area contributed by atoms with Crippen molar-refractivity contribution in [3.05, 3.63) is 66.0 Å². The smallest absolute Gasteiger partial charge is 0.417 e. The number of benzene rings is 1. The van der Waals surface area contributed by atoms with Gasteiger partial charge >= 0.3 is 6.18 Å². The van der Waals surface area contributed by atoms with E-state index in [-0.39, 0.29) is 23.5 Å². The lowest BCUT2D eigenvalue weighted by Gasteiger charge is -2.11. The number of rotatable bonds is 5. The molecule has 1 heterocycles. The number of aromatic nitrogens is 1. The van der Waals surface area contributed by atoms with Crippen LogP contribution in [0.1, 0.15) is 16.7 Å². The molecule has 1 N–H and O–H groups in total. The molecular formula is C17H12F3N3O2. The Balaban J connectivity index is 2.14. The van der Waals surface area contributed by atoms with Gasteiger partial charge < -0.3 is 10.1 Å². The first-order valence-electron chi connectivity index (χ1n) is 6.95. The number of nitrogens with zero attached hydrogens (tertiary/aromatic N) is 2. The number of amides is 1. The maximum Gasteiger partial charge on any atom is 0.417 e. The third-order valence-corrected chi connectivity index (χ3v) is 3.07. The fourth-order valence-corrected chi connectivity index (χ4v) is 1.90. The van der Waals surface area contributed by atoms with Gasteiger partial charge in [0.2, 0.25) is 5.91 Å². The molecule has 2 aromatic rings. The lowest BCUT2D eigenvalue weighted by molar-refractivity contribution is -0.137. The summed E-state index contributed by atoms with van der Waals surface area (Å²) in [4.78, 5) is 14.8. The number of ether oxygens (including phenoxy) is 1. The van der Waals surface area contributed by atoms with Crippen LogP contribution in [0.4, 0.5) is 18.9 Å².